The molecule has 0 bridgehead atoms. The zero-order valence-corrected chi connectivity index (χ0v) is 11.4. The van der Waals surface area contributed by atoms with Crippen molar-refractivity contribution in [1.29, 1.82) is 0 Å². The molecule has 1 N–H and O–H groups in total. The normalized spacial score (nSPS) is 14.4. The molecular formula is C10H12ClN5OS. The van der Waals surface area contributed by atoms with Gasteiger partial charge in [-0.25, -0.2) is 4.68 Å². The summed E-state index contributed by atoms with van der Waals surface area (Å²) in [7, 11) is 0. The van der Waals surface area contributed by atoms with Crippen LogP contribution in [0.15, 0.2) is 23.6 Å². The Kier molecular flexibility index (Phi) is 4.15. The van der Waals surface area contributed by atoms with E-state index in [4.69, 9.17) is 11.6 Å². The fourth-order valence-corrected chi connectivity index (χ4v) is 2.14. The Balaban J connectivity index is 2.27. The van der Waals surface area contributed by atoms with E-state index in [-0.39, 0.29) is 10.5 Å². The lowest BCUT2D eigenvalue weighted by atomic mass is 10.3. The van der Waals surface area contributed by atoms with Crippen molar-refractivity contribution in [3.8, 4) is 5.95 Å². The third-order valence-electron chi connectivity index (χ3n) is 2.26. The molecule has 2 aromatic heterocycles. The summed E-state index contributed by atoms with van der Waals surface area (Å²) in [6, 6.07) is 1.77. The van der Waals surface area contributed by atoms with Crippen molar-refractivity contribution in [2.24, 2.45) is 0 Å². The fraction of sp³-hybridized carbons (Fsp3) is 0.400. The fourth-order valence-electron chi connectivity index (χ4n) is 1.13. The van der Waals surface area contributed by atoms with Gasteiger partial charge in [0.05, 0.1) is 6.10 Å². The van der Waals surface area contributed by atoms with Crippen molar-refractivity contribution < 1.29 is 5.11 Å². The first-order valence-corrected chi connectivity index (χ1v) is 6.58. The zero-order valence-electron chi connectivity index (χ0n) is 9.86. The monoisotopic (exact) mass is 285 g/mol. The van der Waals surface area contributed by atoms with Crippen LogP contribution in [0.2, 0.25) is 5.28 Å². The predicted molar refractivity (Wildman–Crippen MR) is 69.0 cm³/mol. The molecule has 0 saturated heterocycles. The Labute approximate surface area is 113 Å². The minimum absolute atomic E-state index is 0.0334. The topological polar surface area (TPSA) is 76.7 Å². The SMILES string of the molecule is CC(O)C(C)Sc1nc(Cl)nc(-n2cccn2)n1. The van der Waals surface area contributed by atoms with Crippen LogP contribution < -0.4 is 0 Å². The summed E-state index contributed by atoms with van der Waals surface area (Å²) in [5.41, 5.74) is 0. The summed E-state index contributed by atoms with van der Waals surface area (Å²) in [6.07, 6.45) is 2.89. The van der Waals surface area contributed by atoms with Gasteiger partial charge in [0, 0.05) is 17.6 Å². The maximum atomic E-state index is 9.46. The highest BCUT2D eigenvalue weighted by Gasteiger charge is 2.14. The number of hydrogen-bond acceptors (Lipinski definition) is 6. The minimum Gasteiger partial charge on any atom is -0.392 e. The molecule has 0 aromatic carbocycles. The van der Waals surface area contributed by atoms with E-state index in [1.807, 2.05) is 6.92 Å². The molecule has 0 amide bonds. The lowest BCUT2D eigenvalue weighted by Gasteiger charge is -2.12. The standard InChI is InChI=1S/C10H12ClN5OS/c1-6(17)7(2)18-10-14-8(11)13-9(15-10)16-5-3-4-12-16/h3-7,17H,1-2H3. The van der Waals surface area contributed by atoms with Crippen LogP contribution in [-0.4, -0.2) is 41.2 Å². The molecule has 0 spiro atoms. The molecule has 6 nitrogen and oxygen atoms in total. The average molecular weight is 286 g/mol. The molecule has 0 fully saturated rings. The lowest BCUT2D eigenvalue weighted by Crippen LogP contribution is -2.16. The van der Waals surface area contributed by atoms with Crippen molar-refractivity contribution >= 4 is 23.4 Å². The highest BCUT2D eigenvalue weighted by atomic mass is 35.5. The van der Waals surface area contributed by atoms with Gasteiger partial charge in [-0.1, -0.05) is 18.7 Å². The molecule has 8 heteroatoms. The van der Waals surface area contributed by atoms with Gasteiger partial charge in [-0.3, -0.25) is 0 Å². The first kappa shape index (κ1) is 13.3. The van der Waals surface area contributed by atoms with Crippen LogP contribution >= 0.6 is 23.4 Å². The van der Waals surface area contributed by atoms with Gasteiger partial charge in [0.15, 0.2) is 5.16 Å². The van der Waals surface area contributed by atoms with Crippen LogP contribution in [0.3, 0.4) is 0 Å². The van der Waals surface area contributed by atoms with E-state index in [2.05, 4.69) is 20.1 Å². The third kappa shape index (κ3) is 3.18. The van der Waals surface area contributed by atoms with E-state index < -0.39 is 6.10 Å². The Morgan fingerprint density at radius 3 is 2.72 bits per heavy atom. The van der Waals surface area contributed by atoms with E-state index in [1.54, 1.807) is 25.4 Å². The number of rotatable bonds is 4. The number of thioether (sulfide) groups is 1. The Bertz CT molecular complexity index is 519. The van der Waals surface area contributed by atoms with Gasteiger partial charge >= 0.3 is 0 Å². The first-order valence-electron chi connectivity index (χ1n) is 5.32. The quantitative estimate of drug-likeness (QED) is 0.860. The average Bonchev–Trinajstić information content (AvgIpc) is 2.81. The summed E-state index contributed by atoms with van der Waals surface area (Å²) >= 11 is 7.19. The molecule has 0 aliphatic heterocycles. The molecule has 2 atom stereocenters. The van der Waals surface area contributed by atoms with Crippen LogP contribution in [0, 0.1) is 0 Å². The molecule has 0 saturated carbocycles. The number of aliphatic hydroxyl groups excluding tert-OH is 1. The number of hydrogen-bond donors (Lipinski definition) is 1. The Morgan fingerprint density at radius 2 is 2.11 bits per heavy atom. The molecule has 18 heavy (non-hydrogen) atoms. The van der Waals surface area contributed by atoms with Gasteiger partial charge in [-0.15, -0.1) is 0 Å². The van der Waals surface area contributed by atoms with E-state index >= 15 is 0 Å². The molecule has 2 unspecified atom stereocenters. The maximum Gasteiger partial charge on any atom is 0.255 e. The predicted octanol–water partition coefficient (Wildman–Crippen LogP) is 1.57. The molecule has 2 rings (SSSR count). The van der Waals surface area contributed by atoms with E-state index in [9.17, 15) is 5.11 Å². The molecule has 2 aromatic rings. The van der Waals surface area contributed by atoms with Crippen LogP contribution in [0.1, 0.15) is 13.8 Å². The third-order valence-corrected chi connectivity index (χ3v) is 3.58. The summed E-state index contributed by atoms with van der Waals surface area (Å²) in [5.74, 6) is 0.361. The summed E-state index contributed by atoms with van der Waals surface area (Å²) < 4.78 is 1.50. The van der Waals surface area contributed by atoms with Gasteiger partial charge in [0.25, 0.3) is 5.95 Å². The van der Waals surface area contributed by atoms with Gasteiger partial charge in [0.2, 0.25) is 5.28 Å². The molecule has 0 radical (unpaired) electrons. The lowest BCUT2D eigenvalue weighted by molar-refractivity contribution is 0.196. The molecular weight excluding hydrogens is 274 g/mol. The Morgan fingerprint density at radius 1 is 1.33 bits per heavy atom. The van der Waals surface area contributed by atoms with Gasteiger partial charge < -0.3 is 5.11 Å². The minimum atomic E-state index is -0.460. The van der Waals surface area contributed by atoms with Crippen molar-refractivity contribution in [1.82, 2.24) is 24.7 Å². The van der Waals surface area contributed by atoms with Crippen molar-refractivity contribution in [2.45, 2.75) is 30.4 Å². The first-order chi connectivity index (χ1) is 8.56. The second-order valence-electron chi connectivity index (χ2n) is 3.70. The van der Waals surface area contributed by atoms with Crippen molar-refractivity contribution in [3.63, 3.8) is 0 Å². The second-order valence-corrected chi connectivity index (χ2v) is 5.38. The number of halogens is 1. The maximum absolute atomic E-state index is 9.46. The largest absolute Gasteiger partial charge is 0.392 e. The van der Waals surface area contributed by atoms with Gasteiger partial charge in [-0.2, -0.15) is 20.1 Å². The van der Waals surface area contributed by atoms with Crippen LogP contribution in [0.25, 0.3) is 5.95 Å². The highest BCUT2D eigenvalue weighted by molar-refractivity contribution is 7.99. The van der Waals surface area contributed by atoms with Crippen LogP contribution in [0.4, 0.5) is 0 Å². The van der Waals surface area contributed by atoms with Crippen LogP contribution in [0.5, 0.6) is 0 Å². The number of aromatic nitrogens is 5. The molecule has 96 valence electrons. The summed E-state index contributed by atoms with van der Waals surface area (Å²) in [6.45, 7) is 3.61. The van der Waals surface area contributed by atoms with E-state index in [1.165, 1.54) is 16.4 Å². The second kappa shape index (κ2) is 5.64. The van der Waals surface area contributed by atoms with Gasteiger partial charge in [0.1, 0.15) is 0 Å². The number of nitrogens with zero attached hydrogens (tertiary/aromatic N) is 5. The van der Waals surface area contributed by atoms with Crippen molar-refractivity contribution in [3.05, 3.63) is 23.7 Å². The summed E-state index contributed by atoms with van der Waals surface area (Å²) in [5, 5.41) is 14.0. The number of aliphatic hydroxyl groups is 1. The molecule has 0 aliphatic rings. The summed E-state index contributed by atoms with van der Waals surface area (Å²) in [4.78, 5) is 12.3. The highest BCUT2D eigenvalue weighted by Crippen LogP contribution is 2.23. The van der Waals surface area contributed by atoms with Crippen LogP contribution in [-0.2, 0) is 0 Å². The molecule has 2 heterocycles. The smallest absolute Gasteiger partial charge is 0.255 e. The zero-order chi connectivity index (χ0) is 13.1. The van der Waals surface area contributed by atoms with Crippen molar-refractivity contribution in [2.75, 3.05) is 0 Å². The van der Waals surface area contributed by atoms with Gasteiger partial charge in [-0.05, 0) is 24.6 Å². The molecule has 0 aliphatic carbocycles. The van der Waals surface area contributed by atoms with E-state index in [0.717, 1.165) is 0 Å². The Hall–Kier alpha value is -1.18. The van der Waals surface area contributed by atoms with E-state index in [0.29, 0.717) is 11.1 Å².